The van der Waals surface area contributed by atoms with Crippen molar-refractivity contribution in [1.29, 1.82) is 0 Å². The van der Waals surface area contributed by atoms with Crippen molar-refractivity contribution in [2.75, 3.05) is 24.7 Å². The Balaban J connectivity index is 1.65. The lowest BCUT2D eigenvalue weighted by molar-refractivity contribution is -0.120. The molecule has 1 amide bonds. The molecule has 1 N–H and O–H groups in total. The summed E-state index contributed by atoms with van der Waals surface area (Å²) in [6, 6.07) is 6.26. The SMILES string of the molecule is CS(=O)(=O)N1CCCC(C(=O)Nc2ccc(S(=O)(=O)C3CCCC3)cc2)C1. The summed E-state index contributed by atoms with van der Waals surface area (Å²) in [5, 5.41) is 2.47. The van der Waals surface area contributed by atoms with Crippen LogP contribution in [0.2, 0.25) is 0 Å². The van der Waals surface area contributed by atoms with Crippen LogP contribution in [-0.4, -0.2) is 51.6 Å². The van der Waals surface area contributed by atoms with E-state index >= 15 is 0 Å². The molecule has 0 aromatic heterocycles. The second-order valence-electron chi connectivity index (χ2n) is 7.43. The van der Waals surface area contributed by atoms with E-state index in [4.69, 9.17) is 0 Å². The van der Waals surface area contributed by atoms with E-state index < -0.39 is 25.8 Å². The molecule has 1 aromatic carbocycles. The maximum absolute atomic E-state index is 12.6. The van der Waals surface area contributed by atoms with Crippen LogP contribution >= 0.6 is 0 Å². The van der Waals surface area contributed by atoms with Gasteiger partial charge in [0.15, 0.2) is 9.84 Å². The van der Waals surface area contributed by atoms with Gasteiger partial charge in [-0.05, 0) is 49.9 Å². The van der Waals surface area contributed by atoms with Gasteiger partial charge in [0.2, 0.25) is 15.9 Å². The van der Waals surface area contributed by atoms with Gasteiger partial charge in [-0.15, -0.1) is 0 Å². The van der Waals surface area contributed by atoms with Crippen molar-refractivity contribution in [3.05, 3.63) is 24.3 Å². The van der Waals surface area contributed by atoms with Crippen LogP contribution in [0.3, 0.4) is 0 Å². The Kier molecular flexibility index (Phi) is 5.93. The van der Waals surface area contributed by atoms with Crippen molar-refractivity contribution in [2.45, 2.75) is 48.7 Å². The van der Waals surface area contributed by atoms with Crippen molar-refractivity contribution in [3.8, 4) is 0 Å². The number of hydrogen-bond donors (Lipinski definition) is 1. The van der Waals surface area contributed by atoms with Gasteiger partial charge in [-0.2, -0.15) is 0 Å². The van der Waals surface area contributed by atoms with Gasteiger partial charge in [0.05, 0.1) is 22.3 Å². The van der Waals surface area contributed by atoms with Crippen LogP contribution in [0.15, 0.2) is 29.2 Å². The molecule has 9 heteroatoms. The third-order valence-electron chi connectivity index (χ3n) is 5.42. The zero-order valence-corrected chi connectivity index (χ0v) is 17.1. The van der Waals surface area contributed by atoms with Crippen molar-refractivity contribution in [2.24, 2.45) is 5.92 Å². The van der Waals surface area contributed by atoms with Gasteiger partial charge < -0.3 is 5.32 Å². The highest BCUT2D eigenvalue weighted by Gasteiger charge is 2.31. The molecular formula is C18H26N2O5S2. The molecule has 2 aliphatic rings. The molecule has 1 unspecified atom stereocenters. The lowest BCUT2D eigenvalue weighted by atomic mass is 9.99. The second-order valence-corrected chi connectivity index (χ2v) is 11.6. The molecule has 7 nitrogen and oxygen atoms in total. The first-order valence-corrected chi connectivity index (χ1v) is 12.7. The van der Waals surface area contributed by atoms with Crippen LogP contribution in [0, 0.1) is 5.92 Å². The first-order chi connectivity index (χ1) is 12.7. The van der Waals surface area contributed by atoms with E-state index in [0.717, 1.165) is 19.1 Å². The monoisotopic (exact) mass is 414 g/mol. The van der Waals surface area contributed by atoms with E-state index in [1.165, 1.54) is 16.4 Å². The maximum atomic E-state index is 12.6. The standard InChI is InChI=1S/C18H26N2O5S2/c1-26(22,23)20-12-4-5-14(13-20)18(21)19-15-8-10-17(11-9-15)27(24,25)16-6-2-3-7-16/h8-11,14,16H,2-7,12-13H2,1H3,(H,19,21). The lowest BCUT2D eigenvalue weighted by Gasteiger charge is -2.30. The predicted octanol–water partition coefficient (Wildman–Crippen LogP) is 2.01. The minimum absolute atomic E-state index is 0.179. The number of carbonyl (C=O) groups excluding carboxylic acids is 1. The van der Waals surface area contributed by atoms with E-state index in [-0.39, 0.29) is 22.6 Å². The molecule has 1 atom stereocenters. The summed E-state index contributed by atoms with van der Waals surface area (Å²) in [6.45, 7) is 0.620. The van der Waals surface area contributed by atoms with E-state index in [1.807, 2.05) is 0 Å². The zero-order chi connectivity index (χ0) is 19.7. The van der Waals surface area contributed by atoms with Gasteiger partial charge in [-0.1, -0.05) is 12.8 Å². The van der Waals surface area contributed by atoms with E-state index in [1.54, 1.807) is 12.1 Å². The number of nitrogens with zero attached hydrogens (tertiary/aromatic N) is 1. The lowest BCUT2D eigenvalue weighted by Crippen LogP contribution is -2.43. The van der Waals surface area contributed by atoms with Crippen molar-refractivity contribution < 1.29 is 21.6 Å². The summed E-state index contributed by atoms with van der Waals surface area (Å²) in [7, 11) is -6.62. The molecule has 1 saturated heterocycles. The highest BCUT2D eigenvalue weighted by molar-refractivity contribution is 7.92. The van der Waals surface area contributed by atoms with Crippen LogP contribution in [0.1, 0.15) is 38.5 Å². The largest absolute Gasteiger partial charge is 0.326 e. The summed E-state index contributed by atoms with van der Waals surface area (Å²) in [4.78, 5) is 12.8. The number of sulfonamides is 1. The molecule has 3 rings (SSSR count). The van der Waals surface area contributed by atoms with Gasteiger partial charge >= 0.3 is 0 Å². The fourth-order valence-corrected chi connectivity index (χ4v) is 6.59. The van der Waals surface area contributed by atoms with Crippen molar-refractivity contribution in [1.82, 2.24) is 4.31 Å². The second kappa shape index (κ2) is 7.89. The number of rotatable bonds is 5. The van der Waals surface area contributed by atoms with Crippen LogP contribution < -0.4 is 5.32 Å². The van der Waals surface area contributed by atoms with Crippen molar-refractivity contribution in [3.63, 3.8) is 0 Å². The number of nitrogens with one attached hydrogen (secondary N) is 1. The fraction of sp³-hybridized carbons (Fsp3) is 0.611. The molecule has 1 aliphatic heterocycles. The number of hydrogen-bond acceptors (Lipinski definition) is 5. The molecular weight excluding hydrogens is 388 g/mol. The molecule has 1 aliphatic carbocycles. The van der Waals surface area contributed by atoms with E-state index in [2.05, 4.69) is 5.32 Å². The average Bonchev–Trinajstić information content (AvgIpc) is 3.17. The average molecular weight is 415 g/mol. The number of sulfone groups is 1. The van der Waals surface area contributed by atoms with E-state index in [9.17, 15) is 21.6 Å². The van der Waals surface area contributed by atoms with Crippen LogP contribution in [0.4, 0.5) is 5.69 Å². The third kappa shape index (κ3) is 4.70. The Morgan fingerprint density at radius 3 is 2.22 bits per heavy atom. The summed E-state index contributed by atoms with van der Waals surface area (Å²) >= 11 is 0. The molecule has 2 fully saturated rings. The summed E-state index contributed by atoms with van der Waals surface area (Å²) in [5.41, 5.74) is 0.516. The Morgan fingerprint density at radius 2 is 1.63 bits per heavy atom. The quantitative estimate of drug-likeness (QED) is 0.794. The number of benzene rings is 1. The fourth-order valence-electron chi connectivity index (χ4n) is 3.82. The summed E-state index contributed by atoms with van der Waals surface area (Å²) in [6.07, 6.45) is 5.74. The molecule has 27 heavy (non-hydrogen) atoms. The van der Waals surface area contributed by atoms with Gasteiger partial charge in [0.25, 0.3) is 0 Å². The van der Waals surface area contributed by atoms with Gasteiger partial charge in [0.1, 0.15) is 0 Å². The Bertz CT molecular complexity index is 888. The molecule has 1 saturated carbocycles. The third-order valence-corrected chi connectivity index (χ3v) is 8.96. The zero-order valence-electron chi connectivity index (χ0n) is 15.4. The highest BCUT2D eigenvalue weighted by atomic mass is 32.2. The maximum Gasteiger partial charge on any atom is 0.228 e. The van der Waals surface area contributed by atoms with Crippen LogP contribution in [0.5, 0.6) is 0 Å². The number of amides is 1. The normalized spacial score (nSPS) is 22.6. The van der Waals surface area contributed by atoms with Gasteiger partial charge in [-0.25, -0.2) is 21.1 Å². The number of carbonyl (C=O) groups is 1. The Hall–Kier alpha value is -1.45. The summed E-state index contributed by atoms with van der Waals surface area (Å²) in [5.74, 6) is -0.648. The minimum atomic E-state index is -3.31. The number of piperidine rings is 1. The topological polar surface area (TPSA) is 101 Å². The molecule has 150 valence electrons. The minimum Gasteiger partial charge on any atom is -0.326 e. The number of anilines is 1. The van der Waals surface area contributed by atoms with Crippen LogP contribution in [0.25, 0.3) is 0 Å². The Morgan fingerprint density at radius 1 is 1.00 bits per heavy atom. The molecule has 0 radical (unpaired) electrons. The first-order valence-electron chi connectivity index (χ1n) is 9.28. The molecule has 1 heterocycles. The van der Waals surface area contributed by atoms with Crippen molar-refractivity contribution >= 4 is 31.5 Å². The van der Waals surface area contributed by atoms with Gasteiger partial charge in [-0.3, -0.25) is 4.79 Å². The van der Waals surface area contributed by atoms with E-state index in [0.29, 0.717) is 37.9 Å². The predicted molar refractivity (Wildman–Crippen MR) is 104 cm³/mol. The molecule has 0 spiro atoms. The van der Waals surface area contributed by atoms with Gasteiger partial charge in [0, 0.05) is 18.8 Å². The molecule has 0 bridgehead atoms. The Labute approximate surface area is 161 Å². The smallest absolute Gasteiger partial charge is 0.228 e. The van der Waals surface area contributed by atoms with Crippen LogP contribution in [-0.2, 0) is 24.7 Å². The highest BCUT2D eigenvalue weighted by Crippen LogP contribution is 2.30. The first kappa shape index (κ1) is 20.3. The molecule has 1 aromatic rings. The summed E-state index contributed by atoms with van der Waals surface area (Å²) < 4.78 is 49.9.